The Bertz CT molecular complexity index is 879. The first-order chi connectivity index (χ1) is 10.3. The van der Waals surface area contributed by atoms with Crippen molar-refractivity contribution in [1.29, 1.82) is 0 Å². The molecule has 21 heavy (non-hydrogen) atoms. The van der Waals surface area contributed by atoms with Gasteiger partial charge in [0, 0.05) is 18.0 Å². The molecule has 0 atom stereocenters. The molecule has 0 amide bonds. The van der Waals surface area contributed by atoms with E-state index in [1.807, 2.05) is 0 Å². The Morgan fingerprint density at radius 3 is 2.95 bits per heavy atom. The minimum atomic E-state index is -0.372. The van der Waals surface area contributed by atoms with E-state index in [4.69, 9.17) is 0 Å². The number of rotatable bonds is 2. The third kappa shape index (κ3) is 1.95. The summed E-state index contributed by atoms with van der Waals surface area (Å²) in [7, 11) is 0. The summed E-state index contributed by atoms with van der Waals surface area (Å²) in [4.78, 5) is 15.4. The monoisotopic (exact) mass is 280 g/mol. The highest BCUT2D eigenvalue weighted by Gasteiger charge is 2.10. The number of imidazole rings is 1. The van der Waals surface area contributed by atoms with E-state index in [2.05, 4.69) is 25.0 Å². The zero-order chi connectivity index (χ0) is 14.2. The fraction of sp³-hybridized carbons (Fsp3) is 0. The average Bonchev–Trinajstić information content (AvgIpc) is 3.16. The number of nitrogens with zero attached hydrogens (tertiary/aromatic N) is 5. The van der Waals surface area contributed by atoms with Gasteiger partial charge >= 0.3 is 0 Å². The van der Waals surface area contributed by atoms with E-state index in [1.165, 1.54) is 17.1 Å². The topological polar surface area (TPSA) is 72.3 Å². The zero-order valence-electron chi connectivity index (χ0n) is 10.7. The Balaban J connectivity index is 1.80. The number of benzene rings is 1. The molecule has 0 aliphatic rings. The minimum Gasteiger partial charge on any atom is -0.335 e. The molecule has 0 radical (unpaired) electrons. The zero-order valence-corrected chi connectivity index (χ0v) is 10.7. The molecule has 0 saturated heterocycles. The molecule has 0 saturated carbocycles. The number of halogens is 1. The number of hydrogen-bond acceptors (Lipinski definition) is 4. The predicted octanol–water partition coefficient (Wildman–Crippen LogP) is 2.34. The van der Waals surface area contributed by atoms with Crippen LogP contribution in [0.15, 0.2) is 49.2 Å². The fourth-order valence-corrected chi connectivity index (χ4v) is 2.15. The SMILES string of the molecule is Fc1cc(-c2nc3ncncc3[nH]2)ccc1-n1cccn1. The highest BCUT2D eigenvalue weighted by molar-refractivity contribution is 5.74. The van der Waals surface area contributed by atoms with E-state index in [0.29, 0.717) is 28.2 Å². The molecule has 4 aromatic rings. The molecule has 0 fully saturated rings. The van der Waals surface area contributed by atoms with Crippen LogP contribution in [0.3, 0.4) is 0 Å². The highest BCUT2D eigenvalue weighted by atomic mass is 19.1. The van der Waals surface area contributed by atoms with Crippen LogP contribution in [0.5, 0.6) is 0 Å². The summed E-state index contributed by atoms with van der Waals surface area (Å²) in [6.45, 7) is 0. The number of aromatic nitrogens is 6. The number of hydrogen-bond donors (Lipinski definition) is 1. The quantitative estimate of drug-likeness (QED) is 0.611. The van der Waals surface area contributed by atoms with E-state index in [0.717, 1.165) is 0 Å². The maximum absolute atomic E-state index is 14.2. The molecule has 3 aromatic heterocycles. The summed E-state index contributed by atoms with van der Waals surface area (Å²) in [6.07, 6.45) is 6.35. The summed E-state index contributed by atoms with van der Waals surface area (Å²) in [6, 6.07) is 6.61. The largest absolute Gasteiger partial charge is 0.335 e. The van der Waals surface area contributed by atoms with Gasteiger partial charge in [-0.25, -0.2) is 24.0 Å². The number of nitrogens with one attached hydrogen (secondary N) is 1. The average molecular weight is 280 g/mol. The van der Waals surface area contributed by atoms with Gasteiger partial charge in [0.25, 0.3) is 0 Å². The van der Waals surface area contributed by atoms with Crippen LogP contribution in [0.4, 0.5) is 4.39 Å². The van der Waals surface area contributed by atoms with Gasteiger partial charge in [-0.3, -0.25) is 0 Å². The van der Waals surface area contributed by atoms with Crippen LogP contribution in [0.25, 0.3) is 28.2 Å². The molecule has 0 aliphatic carbocycles. The Labute approximate surface area is 118 Å². The molecule has 1 N–H and O–H groups in total. The second-order valence-corrected chi connectivity index (χ2v) is 4.46. The van der Waals surface area contributed by atoms with Crippen LogP contribution in [-0.2, 0) is 0 Å². The van der Waals surface area contributed by atoms with Crippen molar-refractivity contribution in [3.8, 4) is 17.1 Å². The van der Waals surface area contributed by atoms with Crippen LogP contribution in [-0.4, -0.2) is 29.7 Å². The van der Waals surface area contributed by atoms with Gasteiger partial charge in [0.2, 0.25) is 0 Å². The lowest BCUT2D eigenvalue weighted by Crippen LogP contribution is -1.98. The smallest absolute Gasteiger partial charge is 0.181 e. The van der Waals surface area contributed by atoms with E-state index < -0.39 is 0 Å². The lowest BCUT2D eigenvalue weighted by Gasteiger charge is -2.04. The van der Waals surface area contributed by atoms with E-state index >= 15 is 0 Å². The van der Waals surface area contributed by atoms with Crippen LogP contribution in [0.2, 0.25) is 0 Å². The Morgan fingerprint density at radius 1 is 1.24 bits per heavy atom. The van der Waals surface area contributed by atoms with Crippen molar-refractivity contribution in [3.05, 3.63) is 55.0 Å². The normalized spacial score (nSPS) is 11.1. The molecule has 0 unspecified atom stereocenters. The highest BCUT2D eigenvalue weighted by Crippen LogP contribution is 2.22. The molecule has 0 spiro atoms. The van der Waals surface area contributed by atoms with Gasteiger partial charge in [-0.15, -0.1) is 0 Å². The van der Waals surface area contributed by atoms with Crippen molar-refractivity contribution < 1.29 is 4.39 Å². The molecule has 0 aliphatic heterocycles. The summed E-state index contributed by atoms with van der Waals surface area (Å²) in [5, 5.41) is 4.02. The number of aromatic amines is 1. The second-order valence-electron chi connectivity index (χ2n) is 4.46. The molecule has 102 valence electrons. The lowest BCUT2D eigenvalue weighted by atomic mass is 10.2. The van der Waals surface area contributed by atoms with Crippen molar-refractivity contribution in [2.75, 3.05) is 0 Å². The van der Waals surface area contributed by atoms with E-state index in [-0.39, 0.29) is 5.82 Å². The molecule has 1 aromatic carbocycles. The van der Waals surface area contributed by atoms with Gasteiger partial charge in [0.1, 0.15) is 29.2 Å². The van der Waals surface area contributed by atoms with Crippen LogP contribution in [0.1, 0.15) is 0 Å². The molecular formula is C14H9FN6. The molecule has 4 rings (SSSR count). The first-order valence-electron chi connectivity index (χ1n) is 6.27. The van der Waals surface area contributed by atoms with E-state index in [1.54, 1.807) is 36.8 Å². The third-order valence-corrected chi connectivity index (χ3v) is 3.13. The first kappa shape index (κ1) is 11.7. The molecule has 7 heteroatoms. The van der Waals surface area contributed by atoms with Crippen LogP contribution in [0, 0.1) is 5.82 Å². The number of fused-ring (bicyclic) bond motifs is 1. The van der Waals surface area contributed by atoms with Gasteiger partial charge in [-0.05, 0) is 24.3 Å². The van der Waals surface area contributed by atoms with Crippen molar-refractivity contribution in [2.45, 2.75) is 0 Å². The Hall–Kier alpha value is -3.09. The molecule has 3 heterocycles. The maximum Gasteiger partial charge on any atom is 0.181 e. The summed E-state index contributed by atoms with van der Waals surface area (Å²) in [5.41, 5.74) is 2.29. The fourth-order valence-electron chi connectivity index (χ4n) is 2.15. The van der Waals surface area contributed by atoms with Crippen molar-refractivity contribution >= 4 is 11.2 Å². The third-order valence-electron chi connectivity index (χ3n) is 3.13. The number of H-pyrrole nitrogens is 1. The minimum absolute atomic E-state index is 0.372. The lowest BCUT2D eigenvalue weighted by molar-refractivity contribution is 0.611. The van der Waals surface area contributed by atoms with Crippen molar-refractivity contribution in [2.24, 2.45) is 0 Å². The molecule has 0 bridgehead atoms. The predicted molar refractivity (Wildman–Crippen MR) is 74.2 cm³/mol. The maximum atomic E-state index is 14.2. The molecule has 6 nitrogen and oxygen atoms in total. The van der Waals surface area contributed by atoms with Crippen LogP contribution >= 0.6 is 0 Å². The van der Waals surface area contributed by atoms with Crippen LogP contribution < -0.4 is 0 Å². The van der Waals surface area contributed by atoms with E-state index in [9.17, 15) is 4.39 Å². The van der Waals surface area contributed by atoms with Gasteiger partial charge in [0.15, 0.2) is 5.65 Å². The molecular weight excluding hydrogens is 271 g/mol. The summed E-state index contributed by atoms with van der Waals surface area (Å²) < 4.78 is 15.7. The Kier molecular flexibility index (Phi) is 2.50. The van der Waals surface area contributed by atoms with Crippen molar-refractivity contribution in [1.82, 2.24) is 29.7 Å². The van der Waals surface area contributed by atoms with Gasteiger partial charge in [0.05, 0.1) is 6.20 Å². The van der Waals surface area contributed by atoms with Gasteiger partial charge < -0.3 is 4.98 Å². The first-order valence-corrected chi connectivity index (χ1v) is 6.27. The van der Waals surface area contributed by atoms with Gasteiger partial charge in [-0.1, -0.05) is 0 Å². The van der Waals surface area contributed by atoms with Gasteiger partial charge in [-0.2, -0.15) is 5.10 Å². The summed E-state index contributed by atoms with van der Waals surface area (Å²) >= 11 is 0. The second kappa shape index (κ2) is 4.48. The Morgan fingerprint density at radius 2 is 2.19 bits per heavy atom. The summed E-state index contributed by atoms with van der Waals surface area (Å²) in [5.74, 6) is 0.180. The van der Waals surface area contributed by atoms with Crippen molar-refractivity contribution in [3.63, 3.8) is 0 Å². The standard InChI is InChI=1S/C14H9FN6/c15-10-6-9(2-3-12(10)21-5-1-4-18-21)13-19-11-7-16-8-17-14(11)20-13/h1-8H,(H,16,17,19,20).